The van der Waals surface area contributed by atoms with Crippen LogP contribution in [-0.4, -0.2) is 27.6 Å². The van der Waals surface area contributed by atoms with Gasteiger partial charge in [0.1, 0.15) is 6.33 Å². The van der Waals surface area contributed by atoms with Crippen molar-refractivity contribution in [3.63, 3.8) is 0 Å². The van der Waals surface area contributed by atoms with Crippen LogP contribution in [0.3, 0.4) is 0 Å². The van der Waals surface area contributed by atoms with Crippen molar-refractivity contribution in [3.8, 4) is 11.5 Å². The van der Waals surface area contributed by atoms with Gasteiger partial charge in [-0.15, -0.1) is 10.2 Å². The number of nitrogens with zero attached hydrogens (tertiary/aromatic N) is 3. The number of hydrogen-bond donors (Lipinski definition) is 2. The Balaban J connectivity index is 1.63. The molecule has 1 aliphatic rings. The van der Waals surface area contributed by atoms with E-state index in [0.717, 1.165) is 0 Å². The van der Waals surface area contributed by atoms with Crippen molar-refractivity contribution < 1.29 is 14.3 Å². The van der Waals surface area contributed by atoms with Gasteiger partial charge in [-0.2, -0.15) is 0 Å². The molecule has 1 aromatic carbocycles. The summed E-state index contributed by atoms with van der Waals surface area (Å²) in [4.78, 5) is 12.0. The molecule has 110 valence electrons. The van der Waals surface area contributed by atoms with Crippen LogP contribution in [-0.2, 0) is 7.05 Å². The van der Waals surface area contributed by atoms with Crippen LogP contribution in [0.2, 0.25) is 0 Å². The summed E-state index contributed by atoms with van der Waals surface area (Å²) in [5.41, 5.74) is 0.627. The van der Waals surface area contributed by atoms with Gasteiger partial charge in [-0.25, -0.2) is 4.79 Å². The zero-order valence-corrected chi connectivity index (χ0v) is 11.7. The van der Waals surface area contributed by atoms with Crippen molar-refractivity contribution in [1.29, 1.82) is 0 Å². The molecule has 1 aromatic heterocycles. The molecule has 2 aromatic rings. The van der Waals surface area contributed by atoms with E-state index in [1.165, 1.54) is 0 Å². The van der Waals surface area contributed by atoms with Crippen molar-refractivity contribution in [1.82, 2.24) is 20.1 Å². The number of hydrogen-bond acceptors (Lipinski definition) is 5. The Morgan fingerprint density at radius 2 is 2.19 bits per heavy atom. The van der Waals surface area contributed by atoms with E-state index in [4.69, 9.17) is 9.47 Å². The molecule has 0 bridgehead atoms. The number of ether oxygens (including phenoxy) is 2. The molecule has 0 radical (unpaired) electrons. The maximum Gasteiger partial charge on any atom is 0.319 e. The van der Waals surface area contributed by atoms with Crippen molar-refractivity contribution in [2.24, 2.45) is 7.05 Å². The van der Waals surface area contributed by atoms with Gasteiger partial charge in [0, 0.05) is 18.8 Å². The average molecular weight is 289 g/mol. The van der Waals surface area contributed by atoms with Crippen LogP contribution in [0.15, 0.2) is 24.5 Å². The number of rotatable bonds is 3. The number of amides is 2. The van der Waals surface area contributed by atoms with Crippen LogP contribution in [0, 0.1) is 0 Å². The quantitative estimate of drug-likeness (QED) is 0.892. The number of aryl methyl sites for hydroxylation is 1. The third-order valence-electron chi connectivity index (χ3n) is 3.11. The first-order chi connectivity index (χ1) is 10.1. The fourth-order valence-electron chi connectivity index (χ4n) is 2.09. The number of nitrogens with one attached hydrogen (secondary N) is 2. The summed E-state index contributed by atoms with van der Waals surface area (Å²) >= 11 is 0. The summed E-state index contributed by atoms with van der Waals surface area (Å²) in [5, 5.41) is 13.3. The Bertz CT molecular complexity index is 670. The zero-order valence-electron chi connectivity index (χ0n) is 11.7. The standard InChI is InChI=1S/C13H15N5O3/c1-8(12-17-14-6-18(12)2)15-13(19)16-9-3-4-10-11(5-9)21-7-20-10/h3-6,8H,7H2,1-2H3,(H2,15,16,19). The van der Waals surface area contributed by atoms with Crippen molar-refractivity contribution >= 4 is 11.7 Å². The van der Waals surface area contributed by atoms with Crippen LogP contribution < -0.4 is 20.1 Å². The number of urea groups is 1. The Hall–Kier alpha value is -2.77. The highest BCUT2D eigenvalue weighted by Gasteiger charge is 2.16. The SMILES string of the molecule is CC(NC(=O)Nc1ccc2c(c1)OCO2)c1nncn1C. The van der Waals surface area contributed by atoms with E-state index >= 15 is 0 Å². The van der Waals surface area contributed by atoms with E-state index in [9.17, 15) is 4.79 Å². The highest BCUT2D eigenvalue weighted by molar-refractivity contribution is 5.89. The molecule has 3 rings (SSSR count). The molecular formula is C13H15N5O3. The van der Waals surface area contributed by atoms with Gasteiger partial charge in [0.2, 0.25) is 6.79 Å². The third kappa shape index (κ3) is 2.73. The lowest BCUT2D eigenvalue weighted by Crippen LogP contribution is -2.32. The molecule has 2 N–H and O–H groups in total. The molecule has 21 heavy (non-hydrogen) atoms. The van der Waals surface area contributed by atoms with Crippen LogP contribution in [0.25, 0.3) is 0 Å². The molecule has 0 spiro atoms. The second kappa shape index (κ2) is 5.31. The van der Waals surface area contributed by atoms with E-state index in [-0.39, 0.29) is 18.9 Å². The largest absolute Gasteiger partial charge is 0.454 e. The first-order valence-electron chi connectivity index (χ1n) is 6.44. The van der Waals surface area contributed by atoms with Gasteiger partial charge in [-0.05, 0) is 19.1 Å². The molecule has 1 atom stereocenters. The van der Waals surface area contributed by atoms with Gasteiger partial charge in [0.25, 0.3) is 0 Å². The summed E-state index contributed by atoms with van der Waals surface area (Å²) in [6, 6.07) is 4.63. The molecule has 0 saturated carbocycles. The van der Waals surface area contributed by atoms with E-state index in [1.807, 2.05) is 14.0 Å². The topological polar surface area (TPSA) is 90.3 Å². The minimum atomic E-state index is -0.329. The number of carbonyl (C=O) groups is 1. The predicted octanol–water partition coefficient (Wildman–Crippen LogP) is 1.43. The molecule has 8 nitrogen and oxygen atoms in total. The van der Waals surface area contributed by atoms with Crippen molar-refractivity contribution in [2.45, 2.75) is 13.0 Å². The highest BCUT2D eigenvalue weighted by Crippen LogP contribution is 2.34. The molecule has 0 aliphatic carbocycles. The van der Waals surface area contributed by atoms with Gasteiger partial charge in [-0.3, -0.25) is 0 Å². The first-order valence-corrected chi connectivity index (χ1v) is 6.44. The van der Waals surface area contributed by atoms with Gasteiger partial charge >= 0.3 is 6.03 Å². The first kappa shape index (κ1) is 13.2. The third-order valence-corrected chi connectivity index (χ3v) is 3.11. The van der Waals surface area contributed by atoms with Gasteiger partial charge in [-0.1, -0.05) is 0 Å². The molecule has 1 unspecified atom stereocenters. The molecule has 0 saturated heterocycles. The van der Waals surface area contributed by atoms with Crippen LogP contribution >= 0.6 is 0 Å². The lowest BCUT2D eigenvalue weighted by Gasteiger charge is -2.14. The second-order valence-corrected chi connectivity index (χ2v) is 4.69. The summed E-state index contributed by atoms with van der Waals surface area (Å²) in [6.45, 7) is 2.04. The zero-order chi connectivity index (χ0) is 14.8. The minimum Gasteiger partial charge on any atom is -0.454 e. The second-order valence-electron chi connectivity index (χ2n) is 4.69. The Labute approximate surface area is 121 Å². The molecular weight excluding hydrogens is 274 g/mol. The average Bonchev–Trinajstić information content (AvgIpc) is 3.06. The van der Waals surface area contributed by atoms with Crippen LogP contribution in [0.4, 0.5) is 10.5 Å². The maximum absolute atomic E-state index is 12.0. The number of benzene rings is 1. The summed E-state index contributed by atoms with van der Waals surface area (Å²) in [6.07, 6.45) is 1.59. The van der Waals surface area contributed by atoms with E-state index in [0.29, 0.717) is 23.0 Å². The molecule has 8 heteroatoms. The summed E-state index contributed by atoms with van der Waals surface area (Å²) < 4.78 is 12.2. The van der Waals surface area contributed by atoms with Gasteiger partial charge in [0.05, 0.1) is 6.04 Å². The fourth-order valence-corrected chi connectivity index (χ4v) is 2.09. The summed E-state index contributed by atoms with van der Waals surface area (Å²) in [7, 11) is 1.82. The molecule has 2 heterocycles. The van der Waals surface area contributed by atoms with E-state index in [1.54, 1.807) is 29.1 Å². The predicted molar refractivity (Wildman–Crippen MR) is 74.1 cm³/mol. The minimum absolute atomic E-state index is 0.203. The molecule has 1 aliphatic heterocycles. The number of carbonyl (C=O) groups excluding carboxylic acids is 1. The van der Waals surface area contributed by atoms with E-state index < -0.39 is 0 Å². The van der Waals surface area contributed by atoms with Crippen molar-refractivity contribution in [2.75, 3.05) is 12.1 Å². The van der Waals surface area contributed by atoms with Crippen LogP contribution in [0.1, 0.15) is 18.8 Å². The number of fused-ring (bicyclic) bond motifs is 1. The summed E-state index contributed by atoms with van der Waals surface area (Å²) in [5.74, 6) is 1.97. The maximum atomic E-state index is 12.0. The van der Waals surface area contributed by atoms with Gasteiger partial charge < -0.3 is 24.7 Å². The smallest absolute Gasteiger partial charge is 0.319 e. The Kier molecular flexibility index (Phi) is 3.35. The highest BCUT2D eigenvalue weighted by atomic mass is 16.7. The van der Waals surface area contributed by atoms with E-state index in [2.05, 4.69) is 20.8 Å². The monoisotopic (exact) mass is 289 g/mol. The normalized spacial score (nSPS) is 13.8. The Morgan fingerprint density at radius 3 is 2.95 bits per heavy atom. The number of aromatic nitrogens is 3. The molecule has 0 fully saturated rings. The van der Waals surface area contributed by atoms with Gasteiger partial charge in [0.15, 0.2) is 17.3 Å². The lowest BCUT2D eigenvalue weighted by molar-refractivity contribution is 0.174. The lowest BCUT2D eigenvalue weighted by atomic mass is 10.3. The molecule has 2 amide bonds. The number of anilines is 1. The van der Waals surface area contributed by atoms with Crippen molar-refractivity contribution in [3.05, 3.63) is 30.4 Å². The van der Waals surface area contributed by atoms with Crippen LogP contribution in [0.5, 0.6) is 11.5 Å². The fraction of sp³-hybridized carbons (Fsp3) is 0.308. The Morgan fingerprint density at radius 1 is 1.38 bits per heavy atom.